The van der Waals surface area contributed by atoms with Crippen molar-refractivity contribution < 1.29 is 38.1 Å². The minimum absolute atomic E-state index is 0.182. The van der Waals surface area contributed by atoms with Gasteiger partial charge in [0, 0.05) is 11.1 Å². The van der Waals surface area contributed by atoms with Crippen LogP contribution in [0, 0.1) is 0 Å². The molecule has 0 aliphatic carbocycles. The molecular weight excluding hydrogens is 496 g/mol. The van der Waals surface area contributed by atoms with Crippen molar-refractivity contribution >= 4 is 23.6 Å². The first-order chi connectivity index (χ1) is 18.4. The highest BCUT2D eigenvalue weighted by molar-refractivity contribution is 5.98. The molecule has 0 heterocycles. The summed E-state index contributed by atoms with van der Waals surface area (Å²) in [6, 6.07) is 19.2. The van der Waals surface area contributed by atoms with Gasteiger partial charge in [0.1, 0.15) is 0 Å². The van der Waals surface area contributed by atoms with Gasteiger partial charge in [0.05, 0.1) is 14.2 Å². The molecule has 0 aliphatic heterocycles. The Morgan fingerprint density at radius 3 is 1.21 bits per heavy atom. The van der Waals surface area contributed by atoms with Crippen LogP contribution < -0.4 is 40.7 Å². The van der Waals surface area contributed by atoms with Gasteiger partial charge < -0.3 is 18.9 Å². The summed E-state index contributed by atoms with van der Waals surface area (Å²) in [6.07, 6.45) is 0. The number of amides is 4. The number of methoxy groups -OCH3 is 2. The van der Waals surface area contributed by atoms with E-state index in [1.165, 1.54) is 38.5 Å². The SMILES string of the molecule is COc1ccccc1OCC(=O)NNC(=O)c1ccc(C(=O)NNC(=O)COc2ccccc2OC)cc1. The Morgan fingerprint density at radius 2 is 0.868 bits per heavy atom. The van der Waals surface area contributed by atoms with E-state index in [1.807, 2.05) is 0 Å². The topological polar surface area (TPSA) is 153 Å². The van der Waals surface area contributed by atoms with Crippen LogP contribution in [0.2, 0.25) is 0 Å². The summed E-state index contributed by atoms with van der Waals surface area (Å²) < 4.78 is 21.0. The van der Waals surface area contributed by atoms with Gasteiger partial charge in [-0.3, -0.25) is 40.9 Å². The highest BCUT2D eigenvalue weighted by atomic mass is 16.5. The largest absolute Gasteiger partial charge is 0.493 e. The van der Waals surface area contributed by atoms with Crippen LogP contribution in [0.1, 0.15) is 20.7 Å². The van der Waals surface area contributed by atoms with E-state index in [4.69, 9.17) is 18.9 Å². The van der Waals surface area contributed by atoms with E-state index in [-0.39, 0.29) is 24.3 Å². The second-order valence-electron chi connectivity index (χ2n) is 7.46. The van der Waals surface area contributed by atoms with Crippen molar-refractivity contribution in [2.75, 3.05) is 27.4 Å². The van der Waals surface area contributed by atoms with Gasteiger partial charge in [0.2, 0.25) is 0 Å². The molecule has 0 radical (unpaired) electrons. The van der Waals surface area contributed by atoms with Crippen LogP contribution in [0.3, 0.4) is 0 Å². The zero-order chi connectivity index (χ0) is 27.3. The van der Waals surface area contributed by atoms with Gasteiger partial charge in [-0.1, -0.05) is 24.3 Å². The van der Waals surface area contributed by atoms with Crippen LogP contribution in [0.4, 0.5) is 0 Å². The van der Waals surface area contributed by atoms with Crippen molar-refractivity contribution in [3.8, 4) is 23.0 Å². The Hall–Kier alpha value is -5.26. The van der Waals surface area contributed by atoms with Crippen molar-refractivity contribution in [2.45, 2.75) is 0 Å². The first kappa shape index (κ1) is 27.3. The number of hydrazine groups is 2. The number of ether oxygens (including phenoxy) is 4. The van der Waals surface area contributed by atoms with E-state index in [1.54, 1.807) is 48.5 Å². The van der Waals surface area contributed by atoms with Gasteiger partial charge in [-0.25, -0.2) is 0 Å². The van der Waals surface area contributed by atoms with E-state index in [0.29, 0.717) is 23.0 Å². The van der Waals surface area contributed by atoms with E-state index < -0.39 is 23.6 Å². The van der Waals surface area contributed by atoms with E-state index in [2.05, 4.69) is 21.7 Å². The Kier molecular flexibility index (Phi) is 9.87. The average Bonchev–Trinajstić information content (AvgIpc) is 2.96. The minimum Gasteiger partial charge on any atom is -0.493 e. The second kappa shape index (κ2) is 13.7. The van der Waals surface area contributed by atoms with E-state index in [9.17, 15) is 19.2 Å². The third-order valence-electron chi connectivity index (χ3n) is 4.90. The standard InChI is InChI=1S/C26H26N4O8/c1-35-19-7-3-5-9-21(19)37-15-23(31)27-29-25(33)17-11-13-18(14-12-17)26(34)30-28-24(32)16-38-22-10-6-4-8-20(22)36-2/h3-14H,15-16H2,1-2H3,(H,27,31)(H,28,32)(H,29,33)(H,30,34). The fourth-order valence-electron chi connectivity index (χ4n) is 3.01. The van der Waals surface area contributed by atoms with E-state index >= 15 is 0 Å². The maximum absolute atomic E-state index is 12.3. The maximum atomic E-state index is 12.3. The molecule has 0 unspecified atom stereocenters. The smallest absolute Gasteiger partial charge is 0.276 e. The maximum Gasteiger partial charge on any atom is 0.276 e. The molecule has 12 heteroatoms. The molecule has 3 rings (SSSR count). The van der Waals surface area contributed by atoms with E-state index in [0.717, 1.165) is 0 Å². The zero-order valence-corrected chi connectivity index (χ0v) is 20.6. The predicted molar refractivity (Wildman–Crippen MR) is 135 cm³/mol. The lowest BCUT2D eigenvalue weighted by molar-refractivity contribution is -0.124. The molecule has 0 bridgehead atoms. The summed E-state index contributed by atoms with van der Waals surface area (Å²) in [5.41, 5.74) is 9.36. The summed E-state index contributed by atoms with van der Waals surface area (Å²) in [6.45, 7) is -0.704. The van der Waals surface area contributed by atoms with Crippen LogP contribution >= 0.6 is 0 Å². The van der Waals surface area contributed by atoms with Gasteiger partial charge in [0.15, 0.2) is 36.2 Å². The molecule has 0 atom stereocenters. The first-order valence-electron chi connectivity index (χ1n) is 11.2. The monoisotopic (exact) mass is 522 g/mol. The fourth-order valence-corrected chi connectivity index (χ4v) is 3.01. The molecular formula is C26H26N4O8. The minimum atomic E-state index is -0.607. The van der Waals surface area contributed by atoms with Gasteiger partial charge in [-0.2, -0.15) is 0 Å². The molecule has 0 aromatic heterocycles. The number of hydrogen-bond acceptors (Lipinski definition) is 8. The molecule has 12 nitrogen and oxygen atoms in total. The Balaban J connectivity index is 1.40. The van der Waals surface area contributed by atoms with Crippen molar-refractivity contribution in [3.63, 3.8) is 0 Å². The highest BCUT2D eigenvalue weighted by Gasteiger charge is 2.13. The molecule has 4 amide bonds. The molecule has 38 heavy (non-hydrogen) atoms. The molecule has 0 saturated heterocycles. The summed E-state index contributed by atoms with van der Waals surface area (Å²) >= 11 is 0. The van der Waals surface area contributed by atoms with Crippen LogP contribution in [0.5, 0.6) is 23.0 Å². The number of benzene rings is 3. The number of nitrogens with one attached hydrogen (secondary N) is 4. The number of hydrogen-bond donors (Lipinski definition) is 4. The number of para-hydroxylation sites is 4. The van der Waals surface area contributed by atoms with Gasteiger partial charge in [0.25, 0.3) is 23.6 Å². The van der Waals surface area contributed by atoms with Crippen molar-refractivity contribution in [1.82, 2.24) is 21.7 Å². The lowest BCUT2D eigenvalue weighted by atomic mass is 10.1. The van der Waals surface area contributed by atoms with Crippen molar-refractivity contribution in [1.29, 1.82) is 0 Å². The van der Waals surface area contributed by atoms with Gasteiger partial charge in [-0.15, -0.1) is 0 Å². The number of carbonyl (C=O) groups is 4. The molecule has 3 aromatic carbocycles. The highest BCUT2D eigenvalue weighted by Crippen LogP contribution is 2.26. The molecule has 0 fully saturated rings. The van der Waals surface area contributed by atoms with Gasteiger partial charge in [-0.05, 0) is 48.5 Å². The molecule has 4 N–H and O–H groups in total. The van der Waals surface area contributed by atoms with Crippen LogP contribution in [-0.2, 0) is 9.59 Å². The molecule has 0 aliphatic rings. The molecule has 198 valence electrons. The molecule has 3 aromatic rings. The number of rotatable bonds is 10. The Labute approximate surface area is 218 Å². The number of carbonyl (C=O) groups excluding carboxylic acids is 4. The summed E-state index contributed by atoms with van der Waals surface area (Å²) in [5, 5.41) is 0. The predicted octanol–water partition coefficient (Wildman–Crippen LogP) is 1.38. The summed E-state index contributed by atoms with van der Waals surface area (Å²) in [4.78, 5) is 48.5. The second-order valence-corrected chi connectivity index (χ2v) is 7.46. The summed E-state index contributed by atoms with van der Waals surface area (Å²) in [5.74, 6) is -0.704. The average molecular weight is 523 g/mol. The Morgan fingerprint density at radius 1 is 0.526 bits per heavy atom. The third kappa shape index (κ3) is 7.88. The molecule has 0 spiro atoms. The van der Waals surface area contributed by atoms with Crippen LogP contribution in [0.25, 0.3) is 0 Å². The summed E-state index contributed by atoms with van der Waals surface area (Å²) in [7, 11) is 2.96. The van der Waals surface area contributed by atoms with Crippen molar-refractivity contribution in [3.05, 3.63) is 83.9 Å². The van der Waals surface area contributed by atoms with Crippen LogP contribution in [-0.4, -0.2) is 51.1 Å². The lowest BCUT2D eigenvalue weighted by Crippen LogP contribution is -2.44. The lowest BCUT2D eigenvalue weighted by Gasteiger charge is -2.12. The first-order valence-corrected chi connectivity index (χ1v) is 11.2. The Bertz CT molecular complexity index is 1180. The zero-order valence-electron chi connectivity index (χ0n) is 20.6. The van der Waals surface area contributed by atoms with Gasteiger partial charge >= 0.3 is 0 Å². The normalized spacial score (nSPS) is 9.95. The third-order valence-corrected chi connectivity index (χ3v) is 4.90. The fraction of sp³-hybridized carbons (Fsp3) is 0.154. The molecule has 0 saturated carbocycles. The van der Waals surface area contributed by atoms with Crippen LogP contribution in [0.15, 0.2) is 72.8 Å². The van der Waals surface area contributed by atoms with Crippen molar-refractivity contribution in [2.24, 2.45) is 0 Å². The quantitative estimate of drug-likeness (QED) is 0.291.